The Balaban J connectivity index is 2.09. The molecule has 1 aliphatic rings. The Morgan fingerprint density at radius 3 is 2.50 bits per heavy atom. The van der Waals surface area contributed by atoms with Crippen LogP contribution in [0.1, 0.15) is 45.1 Å². The van der Waals surface area contributed by atoms with Gasteiger partial charge in [0.15, 0.2) is 0 Å². The van der Waals surface area contributed by atoms with Gasteiger partial charge in [-0.2, -0.15) is 0 Å². The maximum absolute atomic E-state index is 12.8. The Hall–Kier alpha value is -1.35. The molecule has 0 spiro atoms. The normalized spacial score (nSPS) is 22.8. The predicted molar refractivity (Wildman–Crippen MR) is 82.1 cm³/mol. The van der Waals surface area contributed by atoms with Crippen molar-refractivity contribution in [2.75, 3.05) is 0 Å². The molecule has 0 radical (unpaired) electrons. The molecule has 2 N–H and O–H groups in total. The molecule has 1 aromatic carbocycles. The highest BCUT2D eigenvalue weighted by Gasteiger charge is 2.32. The second-order valence-electron chi connectivity index (χ2n) is 6.10. The molecule has 20 heavy (non-hydrogen) atoms. The zero-order valence-corrected chi connectivity index (χ0v) is 12.6. The highest BCUT2D eigenvalue weighted by Crippen LogP contribution is 2.26. The molecule has 1 aromatic rings. The second-order valence-corrected chi connectivity index (χ2v) is 6.10. The lowest BCUT2D eigenvalue weighted by atomic mass is 9.84. The molecular weight excluding hydrogens is 248 g/mol. The van der Waals surface area contributed by atoms with Crippen LogP contribution in [0.5, 0.6) is 0 Å². The molecule has 2 atom stereocenters. The number of hydrogen-bond donors (Lipinski definition) is 1. The summed E-state index contributed by atoms with van der Waals surface area (Å²) < 4.78 is 0. The minimum Gasteiger partial charge on any atom is -0.336 e. The topological polar surface area (TPSA) is 46.3 Å². The summed E-state index contributed by atoms with van der Waals surface area (Å²) >= 11 is 0. The van der Waals surface area contributed by atoms with E-state index >= 15 is 0 Å². The highest BCUT2D eigenvalue weighted by atomic mass is 16.2. The fourth-order valence-corrected chi connectivity index (χ4v) is 2.97. The smallest absolute Gasteiger partial charge is 0.227 e. The molecule has 2 unspecified atom stereocenters. The van der Waals surface area contributed by atoms with E-state index in [0.717, 1.165) is 25.7 Å². The van der Waals surface area contributed by atoms with Crippen molar-refractivity contribution in [1.82, 2.24) is 4.90 Å². The van der Waals surface area contributed by atoms with Crippen molar-refractivity contribution in [2.24, 2.45) is 11.7 Å². The van der Waals surface area contributed by atoms with Gasteiger partial charge < -0.3 is 10.6 Å². The van der Waals surface area contributed by atoms with E-state index in [1.165, 1.54) is 5.56 Å². The lowest BCUT2D eigenvalue weighted by Crippen LogP contribution is -2.47. The zero-order valence-electron chi connectivity index (χ0n) is 12.6. The van der Waals surface area contributed by atoms with E-state index in [1.54, 1.807) is 0 Å². The molecule has 0 bridgehead atoms. The molecular formula is C17H26N2O. The van der Waals surface area contributed by atoms with Crippen LogP contribution in [-0.4, -0.2) is 22.9 Å². The standard InChI is InChI=1S/C17H26N2O/c1-13(2)19(12-14-8-4-3-5-9-14)17(20)15-10-6-7-11-16(15)18/h3-5,8-9,13,15-16H,6-7,10-12,18H2,1-2H3. The van der Waals surface area contributed by atoms with Crippen LogP contribution in [0.4, 0.5) is 0 Å². The summed E-state index contributed by atoms with van der Waals surface area (Å²) in [5.74, 6) is 0.242. The lowest BCUT2D eigenvalue weighted by Gasteiger charge is -2.35. The Morgan fingerprint density at radius 2 is 1.90 bits per heavy atom. The van der Waals surface area contributed by atoms with Crippen LogP contribution in [-0.2, 0) is 11.3 Å². The van der Waals surface area contributed by atoms with Gasteiger partial charge in [-0.05, 0) is 32.3 Å². The summed E-state index contributed by atoms with van der Waals surface area (Å²) in [5, 5.41) is 0. The van der Waals surface area contributed by atoms with Gasteiger partial charge in [0.25, 0.3) is 0 Å². The van der Waals surface area contributed by atoms with Crippen LogP contribution in [0.3, 0.4) is 0 Å². The second kappa shape index (κ2) is 6.89. The van der Waals surface area contributed by atoms with Crippen molar-refractivity contribution in [2.45, 2.75) is 58.2 Å². The third kappa shape index (κ3) is 3.60. The van der Waals surface area contributed by atoms with Crippen molar-refractivity contribution < 1.29 is 4.79 Å². The number of nitrogens with zero attached hydrogens (tertiary/aromatic N) is 1. The molecule has 0 saturated heterocycles. The largest absolute Gasteiger partial charge is 0.336 e. The summed E-state index contributed by atoms with van der Waals surface area (Å²) in [6.45, 7) is 4.84. The average Bonchev–Trinajstić information content (AvgIpc) is 2.45. The average molecular weight is 274 g/mol. The summed E-state index contributed by atoms with van der Waals surface area (Å²) in [5.41, 5.74) is 7.34. The summed E-state index contributed by atoms with van der Waals surface area (Å²) in [4.78, 5) is 14.8. The van der Waals surface area contributed by atoms with E-state index in [0.29, 0.717) is 6.54 Å². The van der Waals surface area contributed by atoms with Crippen molar-refractivity contribution in [3.05, 3.63) is 35.9 Å². The fraction of sp³-hybridized carbons (Fsp3) is 0.588. The van der Waals surface area contributed by atoms with Gasteiger partial charge in [0.1, 0.15) is 0 Å². The molecule has 0 heterocycles. The molecule has 110 valence electrons. The first-order chi connectivity index (χ1) is 9.59. The van der Waals surface area contributed by atoms with Crippen LogP contribution in [0.25, 0.3) is 0 Å². The van der Waals surface area contributed by atoms with E-state index in [-0.39, 0.29) is 23.9 Å². The van der Waals surface area contributed by atoms with Gasteiger partial charge in [-0.15, -0.1) is 0 Å². The summed E-state index contributed by atoms with van der Waals surface area (Å²) in [7, 11) is 0. The Bertz CT molecular complexity index is 430. The van der Waals surface area contributed by atoms with Gasteiger partial charge in [0.05, 0.1) is 5.92 Å². The molecule has 1 amide bonds. The van der Waals surface area contributed by atoms with E-state index in [1.807, 2.05) is 23.1 Å². The van der Waals surface area contributed by atoms with Crippen LogP contribution >= 0.6 is 0 Å². The first kappa shape index (κ1) is 15.0. The maximum Gasteiger partial charge on any atom is 0.227 e. The van der Waals surface area contributed by atoms with Gasteiger partial charge in [0.2, 0.25) is 5.91 Å². The van der Waals surface area contributed by atoms with E-state index in [2.05, 4.69) is 26.0 Å². The zero-order chi connectivity index (χ0) is 14.5. The predicted octanol–water partition coefficient (Wildman–Crippen LogP) is 2.94. The molecule has 2 rings (SSSR count). The molecule has 1 fully saturated rings. The van der Waals surface area contributed by atoms with Gasteiger partial charge in [-0.25, -0.2) is 0 Å². The SMILES string of the molecule is CC(C)N(Cc1ccccc1)C(=O)C1CCCCC1N. The maximum atomic E-state index is 12.8. The van der Waals surface area contributed by atoms with E-state index in [4.69, 9.17) is 5.73 Å². The minimum atomic E-state index is 0.00913. The number of amides is 1. The number of carbonyl (C=O) groups excluding carboxylic acids is 1. The number of hydrogen-bond acceptors (Lipinski definition) is 2. The highest BCUT2D eigenvalue weighted by molar-refractivity contribution is 5.80. The van der Waals surface area contributed by atoms with Gasteiger partial charge >= 0.3 is 0 Å². The van der Waals surface area contributed by atoms with E-state index in [9.17, 15) is 4.79 Å². The van der Waals surface area contributed by atoms with Crippen molar-refractivity contribution in [3.63, 3.8) is 0 Å². The first-order valence-corrected chi connectivity index (χ1v) is 7.69. The summed E-state index contributed by atoms with van der Waals surface area (Å²) in [6.07, 6.45) is 4.21. The van der Waals surface area contributed by atoms with Crippen LogP contribution < -0.4 is 5.73 Å². The Labute approximate surface area is 122 Å². The Morgan fingerprint density at radius 1 is 1.25 bits per heavy atom. The van der Waals surface area contributed by atoms with Gasteiger partial charge in [-0.1, -0.05) is 43.2 Å². The fourth-order valence-electron chi connectivity index (χ4n) is 2.97. The quantitative estimate of drug-likeness (QED) is 0.917. The van der Waals surface area contributed by atoms with Crippen molar-refractivity contribution >= 4 is 5.91 Å². The third-order valence-electron chi connectivity index (χ3n) is 4.24. The molecule has 0 aromatic heterocycles. The van der Waals surface area contributed by atoms with Crippen molar-refractivity contribution in [1.29, 1.82) is 0 Å². The van der Waals surface area contributed by atoms with Crippen LogP contribution in [0, 0.1) is 5.92 Å². The van der Waals surface area contributed by atoms with Crippen LogP contribution in [0.15, 0.2) is 30.3 Å². The van der Waals surface area contributed by atoms with Gasteiger partial charge in [0, 0.05) is 18.6 Å². The molecule has 1 aliphatic carbocycles. The monoisotopic (exact) mass is 274 g/mol. The van der Waals surface area contributed by atoms with Crippen LogP contribution in [0.2, 0.25) is 0 Å². The Kier molecular flexibility index (Phi) is 5.18. The molecule has 1 saturated carbocycles. The molecule has 3 nitrogen and oxygen atoms in total. The lowest BCUT2D eigenvalue weighted by molar-refractivity contribution is -0.139. The van der Waals surface area contributed by atoms with Gasteiger partial charge in [-0.3, -0.25) is 4.79 Å². The number of benzene rings is 1. The van der Waals surface area contributed by atoms with Crippen molar-refractivity contribution in [3.8, 4) is 0 Å². The molecule has 3 heteroatoms. The molecule has 0 aliphatic heterocycles. The van der Waals surface area contributed by atoms with E-state index < -0.39 is 0 Å². The number of rotatable bonds is 4. The summed E-state index contributed by atoms with van der Waals surface area (Å²) in [6, 6.07) is 10.4. The minimum absolute atomic E-state index is 0.00913. The number of carbonyl (C=O) groups is 1. The first-order valence-electron chi connectivity index (χ1n) is 7.69. The number of nitrogens with two attached hydrogens (primary N) is 1. The third-order valence-corrected chi connectivity index (χ3v) is 4.24.